The molecule has 0 aromatic rings. The second-order valence-corrected chi connectivity index (χ2v) is 3.11. The van der Waals surface area contributed by atoms with Gasteiger partial charge in [-0.15, -0.1) is 0 Å². The molecular formula is C8H18O2. The van der Waals surface area contributed by atoms with Crippen LogP contribution in [0.15, 0.2) is 0 Å². The number of aliphatic hydroxyl groups excluding tert-OH is 2. The highest BCUT2D eigenvalue weighted by atomic mass is 16.3. The van der Waals surface area contributed by atoms with E-state index in [-0.39, 0.29) is 18.6 Å². The van der Waals surface area contributed by atoms with Gasteiger partial charge in [-0.3, -0.25) is 0 Å². The molecule has 0 aliphatic rings. The first kappa shape index (κ1) is 9.92. The van der Waals surface area contributed by atoms with Crippen LogP contribution in [0.4, 0.5) is 0 Å². The maximum Gasteiger partial charge on any atom is 0.0436 e. The summed E-state index contributed by atoms with van der Waals surface area (Å²) < 4.78 is 0. The molecule has 0 amide bonds. The van der Waals surface area contributed by atoms with Gasteiger partial charge in [-0.1, -0.05) is 20.3 Å². The molecule has 0 unspecified atom stereocenters. The molecule has 0 aromatic carbocycles. The smallest absolute Gasteiger partial charge is 0.0436 e. The van der Waals surface area contributed by atoms with Gasteiger partial charge in [0, 0.05) is 13.2 Å². The molecular weight excluding hydrogens is 128 g/mol. The fourth-order valence-electron chi connectivity index (χ4n) is 1.02. The van der Waals surface area contributed by atoms with Crippen molar-refractivity contribution in [2.24, 2.45) is 5.41 Å². The Morgan fingerprint density at radius 1 is 1.10 bits per heavy atom. The molecule has 0 saturated heterocycles. The minimum Gasteiger partial charge on any atom is -0.396 e. The van der Waals surface area contributed by atoms with Crippen LogP contribution >= 0.6 is 0 Å². The Labute approximate surface area is 62.9 Å². The van der Waals surface area contributed by atoms with E-state index in [4.69, 9.17) is 10.2 Å². The summed E-state index contributed by atoms with van der Waals surface area (Å²) in [4.78, 5) is 0. The van der Waals surface area contributed by atoms with Crippen LogP contribution in [0.1, 0.15) is 33.1 Å². The molecule has 0 rings (SSSR count). The molecule has 2 heteroatoms. The summed E-state index contributed by atoms with van der Waals surface area (Å²) >= 11 is 0. The van der Waals surface area contributed by atoms with E-state index in [2.05, 4.69) is 13.8 Å². The molecule has 10 heavy (non-hydrogen) atoms. The van der Waals surface area contributed by atoms with Gasteiger partial charge < -0.3 is 10.2 Å². The predicted octanol–water partition coefficient (Wildman–Crippen LogP) is 1.17. The Morgan fingerprint density at radius 3 is 1.70 bits per heavy atom. The number of aliphatic hydroxyl groups is 2. The molecule has 0 bridgehead atoms. The summed E-state index contributed by atoms with van der Waals surface area (Å²) in [5.41, 5.74) is 0.142. The van der Waals surface area contributed by atoms with Crippen molar-refractivity contribution in [3.63, 3.8) is 0 Å². The predicted molar refractivity (Wildman–Crippen MR) is 41.8 cm³/mol. The third-order valence-electron chi connectivity index (χ3n) is 2.28. The molecule has 0 atom stereocenters. The summed E-state index contributed by atoms with van der Waals surface area (Å²) in [6.45, 7) is 4.64. The maximum absolute atomic E-state index is 8.68. The molecule has 0 spiro atoms. The van der Waals surface area contributed by atoms with Crippen LogP contribution < -0.4 is 0 Å². The lowest BCUT2D eigenvalue weighted by Gasteiger charge is -2.26. The van der Waals surface area contributed by atoms with Gasteiger partial charge in [0.1, 0.15) is 0 Å². The van der Waals surface area contributed by atoms with E-state index in [1.807, 2.05) is 0 Å². The van der Waals surface area contributed by atoms with Crippen molar-refractivity contribution in [2.45, 2.75) is 33.1 Å². The summed E-state index contributed by atoms with van der Waals surface area (Å²) in [7, 11) is 0. The zero-order valence-electron chi connectivity index (χ0n) is 6.93. The van der Waals surface area contributed by atoms with Crippen LogP contribution in [0.2, 0.25) is 0 Å². The Kier molecular flexibility index (Phi) is 4.65. The summed E-state index contributed by atoms with van der Waals surface area (Å²) in [6, 6.07) is 0. The highest BCUT2D eigenvalue weighted by Gasteiger charge is 2.19. The van der Waals surface area contributed by atoms with Crippen molar-refractivity contribution in [3.05, 3.63) is 0 Å². The van der Waals surface area contributed by atoms with Crippen LogP contribution in [-0.2, 0) is 0 Å². The van der Waals surface area contributed by atoms with Crippen LogP contribution in [0, 0.1) is 5.41 Å². The number of rotatable bonds is 5. The van der Waals surface area contributed by atoms with Crippen LogP contribution in [0.25, 0.3) is 0 Å². The van der Waals surface area contributed by atoms with E-state index < -0.39 is 0 Å². The van der Waals surface area contributed by atoms with E-state index in [1.54, 1.807) is 0 Å². The Balaban J connectivity index is 3.69. The van der Waals surface area contributed by atoms with Crippen LogP contribution in [0.5, 0.6) is 0 Å². The highest BCUT2D eigenvalue weighted by molar-refractivity contribution is 4.71. The molecule has 0 fully saturated rings. The quantitative estimate of drug-likeness (QED) is 0.611. The lowest BCUT2D eigenvalue weighted by molar-refractivity contribution is 0.145. The molecule has 0 aromatic heterocycles. The van der Waals surface area contributed by atoms with Crippen molar-refractivity contribution in [1.82, 2.24) is 0 Å². The standard InChI is InChI=1S/C8H18O2/c1-3-8(2,4-6-9)5-7-10/h9-10H,3-7H2,1-2H3. The fraction of sp³-hybridized carbons (Fsp3) is 1.00. The monoisotopic (exact) mass is 146 g/mol. The van der Waals surface area contributed by atoms with E-state index >= 15 is 0 Å². The van der Waals surface area contributed by atoms with Gasteiger partial charge in [0.15, 0.2) is 0 Å². The molecule has 2 N–H and O–H groups in total. The highest BCUT2D eigenvalue weighted by Crippen LogP contribution is 2.28. The molecule has 0 aliphatic heterocycles. The van der Waals surface area contributed by atoms with E-state index in [1.165, 1.54) is 0 Å². The first-order valence-corrected chi connectivity index (χ1v) is 3.90. The van der Waals surface area contributed by atoms with Gasteiger partial charge in [0.05, 0.1) is 0 Å². The van der Waals surface area contributed by atoms with Crippen LogP contribution in [0.3, 0.4) is 0 Å². The molecule has 62 valence electrons. The first-order chi connectivity index (χ1) is 4.68. The average molecular weight is 146 g/mol. The molecule has 0 heterocycles. The Bertz CT molecular complexity index is 75.3. The van der Waals surface area contributed by atoms with Crippen molar-refractivity contribution in [3.8, 4) is 0 Å². The van der Waals surface area contributed by atoms with Gasteiger partial charge in [0.2, 0.25) is 0 Å². The lowest BCUT2D eigenvalue weighted by Crippen LogP contribution is -2.18. The summed E-state index contributed by atoms with van der Waals surface area (Å²) in [5, 5.41) is 17.4. The maximum atomic E-state index is 8.68. The third-order valence-corrected chi connectivity index (χ3v) is 2.28. The Morgan fingerprint density at radius 2 is 1.50 bits per heavy atom. The van der Waals surface area contributed by atoms with Crippen molar-refractivity contribution in [2.75, 3.05) is 13.2 Å². The topological polar surface area (TPSA) is 40.5 Å². The lowest BCUT2D eigenvalue weighted by atomic mass is 9.81. The van der Waals surface area contributed by atoms with Gasteiger partial charge in [-0.2, -0.15) is 0 Å². The van der Waals surface area contributed by atoms with Crippen molar-refractivity contribution in [1.29, 1.82) is 0 Å². The minimum atomic E-state index is 0.142. The second kappa shape index (κ2) is 4.69. The molecule has 0 saturated carbocycles. The number of hydrogen-bond acceptors (Lipinski definition) is 2. The average Bonchev–Trinajstić information content (AvgIpc) is 1.89. The fourth-order valence-corrected chi connectivity index (χ4v) is 1.02. The van der Waals surface area contributed by atoms with Crippen molar-refractivity contribution >= 4 is 0 Å². The minimum absolute atomic E-state index is 0.142. The van der Waals surface area contributed by atoms with Gasteiger partial charge in [-0.05, 0) is 18.3 Å². The van der Waals surface area contributed by atoms with Crippen molar-refractivity contribution < 1.29 is 10.2 Å². The van der Waals surface area contributed by atoms with E-state index in [0.29, 0.717) is 0 Å². The summed E-state index contributed by atoms with van der Waals surface area (Å²) in [6.07, 6.45) is 2.61. The van der Waals surface area contributed by atoms with E-state index in [0.717, 1.165) is 19.3 Å². The summed E-state index contributed by atoms with van der Waals surface area (Å²) in [5.74, 6) is 0. The van der Waals surface area contributed by atoms with Gasteiger partial charge >= 0.3 is 0 Å². The van der Waals surface area contributed by atoms with Gasteiger partial charge in [-0.25, -0.2) is 0 Å². The third kappa shape index (κ3) is 3.18. The SMILES string of the molecule is CCC(C)(CCO)CCO. The first-order valence-electron chi connectivity index (χ1n) is 3.90. The zero-order chi connectivity index (χ0) is 8.04. The second-order valence-electron chi connectivity index (χ2n) is 3.11. The van der Waals surface area contributed by atoms with E-state index in [9.17, 15) is 0 Å². The number of hydrogen-bond donors (Lipinski definition) is 2. The largest absolute Gasteiger partial charge is 0.396 e. The van der Waals surface area contributed by atoms with Gasteiger partial charge in [0.25, 0.3) is 0 Å². The molecule has 0 radical (unpaired) electrons. The zero-order valence-corrected chi connectivity index (χ0v) is 6.93. The normalized spacial score (nSPS) is 12.0. The molecule has 2 nitrogen and oxygen atoms in total. The van der Waals surface area contributed by atoms with Crippen LogP contribution in [-0.4, -0.2) is 23.4 Å². The Hall–Kier alpha value is -0.0800. The molecule has 0 aliphatic carbocycles.